The van der Waals surface area contributed by atoms with Crippen LogP contribution in [0.15, 0.2) is 60.0 Å². The maximum atomic E-state index is 12.8. The number of nitrogens with zero attached hydrogens (tertiary/aromatic N) is 1. The normalized spacial score (nSPS) is 14.6. The summed E-state index contributed by atoms with van der Waals surface area (Å²) in [5.74, 6) is -1.02. The third kappa shape index (κ3) is 5.29. The zero-order chi connectivity index (χ0) is 22.5. The fraction of sp³-hybridized carbons (Fsp3) is 0.0476. The minimum absolute atomic E-state index is 0.0594. The first-order valence-corrected chi connectivity index (χ1v) is 10.5. The molecule has 0 aliphatic carbocycles. The van der Waals surface area contributed by atoms with Gasteiger partial charge in [0.15, 0.2) is 9.31 Å². The van der Waals surface area contributed by atoms with Crippen molar-refractivity contribution < 1.29 is 19.8 Å². The molecule has 0 atom stereocenters. The van der Waals surface area contributed by atoms with E-state index in [0.29, 0.717) is 23.2 Å². The molecular weight excluding hydrogens is 454 g/mol. The van der Waals surface area contributed by atoms with Gasteiger partial charge in [-0.2, -0.15) is 5.01 Å². The number of benzene rings is 2. The Morgan fingerprint density at radius 1 is 1.19 bits per heavy atom. The Kier molecular flexibility index (Phi) is 7.06. The molecule has 1 aliphatic heterocycles. The Hall–Kier alpha value is -3.21. The summed E-state index contributed by atoms with van der Waals surface area (Å²) in [4.78, 5) is 25.1. The fourth-order valence-electron chi connectivity index (χ4n) is 2.64. The number of thiocarbonyl (C=S) groups is 2. The van der Waals surface area contributed by atoms with E-state index in [4.69, 9.17) is 24.4 Å². The number of anilines is 1. The molecule has 2 aromatic carbocycles. The Labute approximate surface area is 193 Å². The first-order chi connectivity index (χ1) is 14.8. The standard InChI is InChI=1S/C21H17N3O4S3/c1-2-4-12-5-3-6-13(17(12)26)11-16-20(28)24(21(30)31-16)23-19(29)18(27)22-14-7-9-15(25)10-8-14/h2-3,5-11,25-26H,1,4H2,(H,22,27)(H,23,29)/b16-11+. The van der Waals surface area contributed by atoms with Gasteiger partial charge in [0.1, 0.15) is 11.5 Å². The summed E-state index contributed by atoms with van der Waals surface area (Å²) in [6.45, 7) is 3.66. The second-order valence-electron chi connectivity index (χ2n) is 6.31. The fourth-order valence-corrected chi connectivity index (χ4v) is 3.95. The number of aromatic hydroxyl groups is 2. The van der Waals surface area contributed by atoms with E-state index in [1.807, 2.05) is 0 Å². The highest BCUT2D eigenvalue weighted by molar-refractivity contribution is 8.26. The monoisotopic (exact) mass is 471 g/mol. The molecule has 0 bridgehead atoms. The van der Waals surface area contributed by atoms with E-state index in [2.05, 4.69) is 17.3 Å². The lowest BCUT2D eigenvalue weighted by Crippen LogP contribution is -2.48. The third-order valence-electron chi connectivity index (χ3n) is 4.14. The predicted octanol–water partition coefficient (Wildman–Crippen LogP) is 3.50. The number of allylic oxidation sites excluding steroid dienone is 1. The second-order valence-corrected chi connectivity index (χ2v) is 8.39. The molecule has 0 saturated carbocycles. The summed E-state index contributed by atoms with van der Waals surface area (Å²) in [5.41, 5.74) is 4.12. The van der Waals surface area contributed by atoms with Crippen LogP contribution in [0.1, 0.15) is 11.1 Å². The van der Waals surface area contributed by atoms with Crippen molar-refractivity contribution >= 4 is 69.1 Å². The van der Waals surface area contributed by atoms with Crippen LogP contribution in [0.4, 0.5) is 5.69 Å². The van der Waals surface area contributed by atoms with Crippen molar-refractivity contribution in [3.05, 3.63) is 71.2 Å². The molecule has 158 valence electrons. The summed E-state index contributed by atoms with van der Waals surface area (Å²) < 4.78 is 0.165. The van der Waals surface area contributed by atoms with Crippen LogP contribution >= 0.6 is 36.2 Å². The van der Waals surface area contributed by atoms with Crippen LogP contribution in [0.2, 0.25) is 0 Å². The van der Waals surface area contributed by atoms with E-state index >= 15 is 0 Å². The summed E-state index contributed by atoms with van der Waals surface area (Å²) in [6, 6.07) is 11.1. The number of rotatable bonds is 5. The second kappa shape index (κ2) is 9.73. The first kappa shape index (κ1) is 22.5. The van der Waals surface area contributed by atoms with Gasteiger partial charge in [-0.3, -0.25) is 15.0 Å². The van der Waals surface area contributed by atoms with Crippen molar-refractivity contribution in [3.63, 3.8) is 0 Å². The number of hydrazine groups is 1. The molecule has 7 nitrogen and oxygen atoms in total. The summed E-state index contributed by atoms with van der Waals surface area (Å²) in [7, 11) is 0. The number of phenols is 2. The van der Waals surface area contributed by atoms with Crippen molar-refractivity contribution in [1.29, 1.82) is 0 Å². The Morgan fingerprint density at radius 3 is 2.58 bits per heavy atom. The van der Waals surface area contributed by atoms with Crippen LogP contribution < -0.4 is 10.7 Å². The SMILES string of the molecule is C=CCc1cccc(/C=C2/SC(=S)N(NC(=S)C(=O)Nc3ccc(O)cc3)C2=O)c1O. The van der Waals surface area contributed by atoms with Gasteiger partial charge in [0.25, 0.3) is 11.8 Å². The van der Waals surface area contributed by atoms with Crippen molar-refractivity contribution in [2.24, 2.45) is 0 Å². The topological polar surface area (TPSA) is 102 Å². The molecule has 3 rings (SSSR count). The van der Waals surface area contributed by atoms with E-state index in [1.165, 1.54) is 30.3 Å². The third-order valence-corrected chi connectivity index (χ3v) is 5.72. The lowest BCUT2D eigenvalue weighted by atomic mass is 10.1. The molecular formula is C21H17N3O4S3. The van der Waals surface area contributed by atoms with Crippen LogP contribution in [-0.4, -0.2) is 36.3 Å². The lowest BCUT2D eigenvalue weighted by Gasteiger charge is -2.17. The molecule has 1 fully saturated rings. The average molecular weight is 472 g/mol. The Bertz CT molecular complexity index is 1110. The summed E-state index contributed by atoms with van der Waals surface area (Å²) >= 11 is 11.3. The van der Waals surface area contributed by atoms with Gasteiger partial charge < -0.3 is 15.5 Å². The molecule has 0 unspecified atom stereocenters. The van der Waals surface area contributed by atoms with E-state index in [1.54, 1.807) is 24.3 Å². The van der Waals surface area contributed by atoms with Gasteiger partial charge in [-0.05, 0) is 54.5 Å². The highest BCUT2D eigenvalue weighted by Crippen LogP contribution is 2.34. The zero-order valence-corrected chi connectivity index (χ0v) is 18.4. The molecule has 1 heterocycles. The van der Waals surface area contributed by atoms with E-state index in [0.717, 1.165) is 16.8 Å². The average Bonchev–Trinajstić information content (AvgIpc) is 3.00. The summed E-state index contributed by atoms with van der Waals surface area (Å²) in [6.07, 6.45) is 3.69. The Morgan fingerprint density at radius 2 is 1.90 bits per heavy atom. The number of hydrogen-bond donors (Lipinski definition) is 4. The number of carbonyl (C=O) groups is 2. The molecule has 2 aromatic rings. The number of thioether (sulfide) groups is 1. The van der Waals surface area contributed by atoms with Crippen molar-refractivity contribution in [2.75, 3.05) is 5.32 Å². The molecule has 2 amide bonds. The smallest absolute Gasteiger partial charge is 0.285 e. The van der Waals surface area contributed by atoms with Gasteiger partial charge in [-0.15, -0.1) is 6.58 Å². The van der Waals surface area contributed by atoms with Crippen molar-refractivity contribution in [3.8, 4) is 11.5 Å². The van der Waals surface area contributed by atoms with Crippen molar-refractivity contribution in [1.82, 2.24) is 10.4 Å². The van der Waals surface area contributed by atoms with Gasteiger partial charge in [-0.1, -0.05) is 48.3 Å². The molecule has 4 N–H and O–H groups in total. The van der Waals surface area contributed by atoms with Crippen LogP contribution in [0.5, 0.6) is 11.5 Å². The number of hydrogen-bond acceptors (Lipinski definition) is 7. The van der Waals surface area contributed by atoms with E-state index < -0.39 is 11.8 Å². The minimum Gasteiger partial charge on any atom is -0.508 e. The number of amides is 2. The number of phenolic OH excluding ortho intramolecular Hbond substituents is 2. The molecule has 1 saturated heterocycles. The molecule has 0 aromatic heterocycles. The van der Waals surface area contributed by atoms with E-state index in [9.17, 15) is 19.8 Å². The van der Waals surface area contributed by atoms with Gasteiger partial charge in [0.2, 0.25) is 0 Å². The highest BCUT2D eigenvalue weighted by atomic mass is 32.2. The zero-order valence-electron chi connectivity index (χ0n) is 16.0. The number of para-hydroxylation sites is 1. The predicted molar refractivity (Wildman–Crippen MR) is 129 cm³/mol. The molecule has 0 radical (unpaired) electrons. The highest BCUT2D eigenvalue weighted by Gasteiger charge is 2.34. The van der Waals surface area contributed by atoms with Crippen LogP contribution in [-0.2, 0) is 16.0 Å². The number of nitrogens with one attached hydrogen (secondary N) is 2. The van der Waals surface area contributed by atoms with Crippen LogP contribution in [0.3, 0.4) is 0 Å². The van der Waals surface area contributed by atoms with Gasteiger partial charge in [0.05, 0.1) is 4.91 Å². The lowest BCUT2D eigenvalue weighted by molar-refractivity contribution is -0.123. The molecule has 0 spiro atoms. The summed E-state index contributed by atoms with van der Waals surface area (Å²) in [5, 5.41) is 23.3. The molecule has 31 heavy (non-hydrogen) atoms. The van der Waals surface area contributed by atoms with Gasteiger partial charge >= 0.3 is 0 Å². The van der Waals surface area contributed by atoms with Crippen LogP contribution in [0, 0.1) is 0 Å². The maximum Gasteiger partial charge on any atom is 0.285 e. The molecule has 1 aliphatic rings. The quantitative estimate of drug-likeness (QED) is 0.228. The largest absolute Gasteiger partial charge is 0.508 e. The van der Waals surface area contributed by atoms with Gasteiger partial charge in [0, 0.05) is 11.3 Å². The first-order valence-electron chi connectivity index (χ1n) is 8.91. The van der Waals surface area contributed by atoms with Gasteiger partial charge in [-0.25, -0.2) is 0 Å². The minimum atomic E-state index is -0.645. The van der Waals surface area contributed by atoms with Crippen molar-refractivity contribution in [2.45, 2.75) is 6.42 Å². The van der Waals surface area contributed by atoms with E-state index in [-0.39, 0.29) is 25.7 Å². The number of carbonyl (C=O) groups excluding carboxylic acids is 2. The van der Waals surface area contributed by atoms with Crippen LogP contribution in [0.25, 0.3) is 6.08 Å². The maximum absolute atomic E-state index is 12.8. The Balaban J connectivity index is 1.71. The molecule has 10 heteroatoms.